The summed E-state index contributed by atoms with van der Waals surface area (Å²) in [4.78, 5) is 14.2. The van der Waals surface area contributed by atoms with E-state index >= 15 is 0 Å². The van der Waals surface area contributed by atoms with Crippen molar-refractivity contribution in [1.29, 1.82) is 0 Å². The number of rotatable bonds is 3. The van der Waals surface area contributed by atoms with Crippen LogP contribution in [-0.4, -0.2) is 23.9 Å². The molecule has 0 aliphatic carbocycles. The largest absolute Gasteiger partial charge is 0.338 e. The molecule has 0 bridgehead atoms. The predicted molar refractivity (Wildman–Crippen MR) is 70.3 cm³/mol. The summed E-state index contributed by atoms with van der Waals surface area (Å²) in [6.07, 6.45) is 2.29. The lowest BCUT2D eigenvalue weighted by molar-refractivity contribution is 0.0787. The standard InChI is InChI=1S/C14H18ClNO/c1-2-11-6-7-16(10-11)14(17)13-5-3-4-12(8-13)9-15/h3-5,8,11H,2,6-7,9-10H2,1H3. The van der Waals surface area contributed by atoms with Crippen LogP contribution in [0.15, 0.2) is 24.3 Å². The van der Waals surface area contributed by atoms with Gasteiger partial charge in [-0.3, -0.25) is 4.79 Å². The quantitative estimate of drug-likeness (QED) is 0.755. The van der Waals surface area contributed by atoms with Crippen molar-refractivity contribution < 1.29 is 4.79 Å². The lowest BCUT2D eigenvalue weighted by atomic mass is 10.1. The molecule has 17 heavy (non-hydrogen) atoms. The number of hydrogen-bond acceptors (Lipinski definition) is 1. The SMILES string of the molecule is CCC1CCN(C(=O)c2cccc(CCl)c2)C1. The smallest absolute Gasteiger partial charge is 0.253 e. The molecule has 3 heteroatoms. The van der Waals surface area contributed by atoms with Crippen LogP contribution in [0.2, 0.25) is 0 Å². The maximum atomic E-state index is 12.3. The average Bonchev–Trinajstić information content (AvgIpc) is 2.86. The van der Waals surface area contributed by atoms with Crippen molar-refractivity contribution in [3.63, 3.8) is 0 Å². The zero-order valence-electron chi connectivity index (χ0n) is 10.2. The van der Waals surface area contributed by atoms with Crippen LogP contribution >= 0.6 is 11.6 Å². The van der Waals surface area contributed by atoms with E-state index < -0.39 is 0 Å². The molecule has 0 radical (unpaired) electrons. The van der Waals surface area contributed by atoms with Crippen LogP contribution in [-0.2, 0) is 5.88 Å². The fourth-order valence-electron chi connectivity index (χ4n) is 2.32. The van der Waals surface area contributed by atoms with Crippen molar-refractivity contribution in [3.05, 3.63) is 35.4 Å². The number of halogens is 1. The van der Waals surface area contributed by atoms with Crippen LogP contribution in [0.1, 0.15) is 35.7 Å². The minimum atomic E-state index is 0.146. The Labute approximate surface area is 108 Å². The molecular formula is C14H18ClNO. The molecule has 2 rings (SSSR count). The molecule has 2 nitrogen and oxygen atoms in total. The fraction of sp³-hybridized carbons (Fsp3) is 0.500. The molecule has 1 aliphatic rings. The Hall–Kier alpha value is -1.02. The lowest BCUT2D eigenvalue weighted by Crippen LogP contribution is -2.28. The van der Waals surface area contributed by atoms with Crippen LogP contribution in [0, 0.1) is 5.92 Å². The minimum Gasteiger partial charge on any atom is -0.338 e. The van der Waals surface area contributed by atoms with E-state index in [-0.39, 0.29) is 5.91 Å². The molecule has 1 aromatic carbocycles. The number of hydrogen-bond donors (Lipinski definition) is 0. The van der Waals surface area contributed by atoms with E-state index in [1.54, 1.807) is 0 Å². The Kier molecular flexibility index (Phi) is 4.06. The second-order valence-corrected chi connectivity index (χ2v) is 4.92. The normalized spacial score (nSPS) is 19.6. The number of likely N-dealkylation sites (tertiary alicyclic amines) is 1. The van der Waals surface area contributed by atoms with Gasteiger partial charge in [-0.25, -0.2) is 0 Å². The van der Waals surface area contributed by atoms with Crippen LogP contribution in [0.3, 0.4) is 0 Å². The zero-order valence-corrected chi connectivity index (χ0v) is 10.9. The third-order valence-corrected chi connectivity index (χ3v) is 3.79. The third kappa shape index (κ3) is 2.81. The number of carbonyl (C=O) groups is 1. The summed E-state index contributed by atoms with van der Waals surface area (Å²) < 4.78 is 0. The summed E-state index contributed by atoms with van der Waals surface area (Å²) in [5, 5.41) is 0. The van der Waals surface area contributed by atoms with Crippen molar-refractivity contribution in [2.75, 3.05) is 13.1 Å². The van der Waals surface area contributed by atoms with Gasteiger partial charge in [0.1, 0.15) is 0 Å². The Morgan fingerprint density at radius 3 is 3.00 bits per heavy atom. The maximum Gasteiger partial charge on any atom is 0.253 e. The topological polar surface area (TPSA) is 20.3 Å². The summed E-state index contributed by atoms with van der Waals surface area (Å²) in [7, 11) is 0. The summed E-state index contributed by atoms with van der Waals surface area (Å²) in [5.41, 5.74) is 1.77. The van der Waals surface area contributed by atoms with E-state index in [4.69, 9.17) is 11.6 Å². The molecule has 1 fully saturated rings. The molecule has 1 aromatic rings. The van der Waals surface area contributed by atoms with Gasteiger partial charge in [-0.15, -0.1) is 11.6 Å². The van der Waals surface area contributed by atoms with E-state index in [2.05, 4.69) is 6.92 Å². The number of carbonyl (C=O) groups excluding carboxylic acids is 1. The van der Waals surface area contributed by atoms with E-state index in [1.807, 2.05) is 29.2 Å². The summed E-state index contributed by atoms with van der Waals surface area (Å²) in [6.45, 7) is 3.98. The number of alkyl halides is 1. The van der Waals surface area contributed by atoms with Gasteiger partial charge in [-0.05, 0) is 30.0 Å². The zero-order chi connectivity index (χ0) is 12.3. The second-order valence-electron chi connectivity index (χ2n) is 4.65. The molecule has 1 aliphatic heterocycles. The Balaban J connectivity index is 2.09. The van der Waals surface area contributed by atoms with Crippen LogP contribution < -0.4 is 0 Å². The third-order valence-electron chi connectivity index (χ3n) is 3.48. The van der Waals surface area contributed by atoms with Gasteiger partial charge in [-0.2, -0.15) is 0 Å². The van der Waals surface area contributed by atoms with Crippen LogP contribution in [0.5, 0.6) is 0 Å². The lowest BCUT2D eigenvalue weighted by Gasteiger charge is -2.16. The van der Waals surface area contributed by atoms with Gasteiger partial charge in [0.05, 0.1) is 0 Å². The Morgan fingerprint density at radius 1 is 1.53 bits per heavy atom. The fourth-order valence-corrected chi connectivity index (χ4v) is 2.49. The van der Waals surface area contributed by atoms with E-state index in [0.717, 1.165) is 37.1 Å². The molecular weight excluding hydrogens is 234 g/mol. The molecule has 92 valence electrons. The van der Waals surface area contributed by atoms with Gasteiger partial charge >= 0.3 is 0 Å². The second kappa shape index (κ2) is 5.54. The predicted octanol–water partition coefficient (Wildman–Crippen LogP) is 3.30. The molecule has 0 N–H and O–H groups in total. The van der Waals surface area contributed by atoms with Gasteiger partial charge in [0.25, 0.3) is 5.91 Å². The van der Waals surface area contributed by atoms with Gasteiger partial charge in [0.15, 0.2) is 0 Å². The summed E-state index contributed by atoms with van der Waals surface area (Å²) in [6, 6.07) is 7.62. The van der Waals surface area contributed by atoms with Crippen molar-refractivity contribution in [2.45, 2.75) is 25.6 Å². The molecule has 0 spiro atoms. The van der Waals surface area contributed by atoms with E-state index in [0.29, 0.717) is 11.8 Å². The molecule has 1 unspecified atom stereocenters. The molecule has 1 saturated heterocycles. The van der Waals surface area contributed by atoms with Crippen LogP contribution in [0.25, 0.3) is 0 Å². The molecule has 0 saturated carbocycles. The van der Waals surface area contributed by atoms with Crippen molar-refractivity contribution >= 4 is 17.5 Å². The highest BCUT2D eigenvalue weighted by atomic mass is 35.5. The Morgan fingerprint density at radius 2 is 2.35 bits per heavy atom. The monoisotopic (exact) mass is 251 g/mol. The minimum absolute atomic E-state index is 0.146. The Bertz CT molecular complexity index is 405. The van der Waals surface area contributed by atoms with Crippen LogP contribution in [0.4, 0.5) is 0 Å². The number of benzene rings is 1. The first-order valence-electron chi connectivity index (χ1n) is 6.18. The van der Waals surface area contributed by atoms with Gasteiger partial charge < -0.3 is 4.90 Å². The van der Waals surface area contributed by atoms with Gasteiger partial charge in [0.2, 0.25) is 0 Å². The number of nitrogens with zero attached hydrogens (tertiary/aromatic N) is 1. The van der Waals surface area contributed by atoms with Gasteiger partial charge in [0, 0.05) is 24.5 Å². The first-order chi connectivity index (χ1) is 8.24. The van der Waals surface area contributed by atoms with E-state index in [1.165, 1.54) is 0 Å². The molecule has 1 amide bonds. The first kappa shape index (κ1) is 12.4. The summed E-state index contributed by atoms with van der Waals surface area (Å²) in [5.74, 6) is 1.28. The summed E-state index contributed by atoms with van der Waals surface area (Å²) >= 11 is 5.78. The molecule has 1 heterocycles. The van der Waals surface area contributed by atoms with Crippen molar-refractivity contribution in [3.8, 4) is 0 Å². The highest BCUT2D eigenvalue weighted by Crippen LogP contribution is 2.21. The highest BCUT2D eigenvalue weighted by molar-refractivity contribution is 6.17. The average molecular weight is 252 g/mol. The molecule has 0 aromatic heterocycles. The van der Waals surface area contributed by atoms with Crippen molar-refractivity contribution in [1.82, 2.24) is 4.90 Å². The highest BCUT2D eigenvalue weighted by Gasteiger charge is 2.25. The van der Waals surface area contributed by atoms with E-state index in [9.17, 15) is 4.79 Å². The van der Waals surface area contributed by atoms with Crippen molar-refractivity contribution in [2.24, 2.45) is 5.92 Å². The number of amides is 1. The first-order valence-corrected chi connectivity index (χ1v) is 6.72. The van der Waals surface area contributed by atoms with Gasteiger partial charge in [-0.1, -0.05) is 25.5 Å². The maximum absolute atomic E-state index is 12.3. The molecule has 1 atom stereocenters.